The number of piperazine rings is 1. The predicted octanol–water partition coefficient (Wildman–Crippen LogP) is -0.606. The summed E-state index contributed by atoms with van der Waals surface area (Å²) >= 11 is 0. The van der Waals surface area contributed by atoms with E-state index in [1.165, 1.54) is 14.1 Å². The third-order valence-electron chi connectivity index (χ3n) is 6.39. The Morgan fingerprint density at radius 2 is 1.78 bits per heavy atom. The summed E-state index contributed by atoms with van der Waals surface area (Å²) in [5.74, 6) is -2.96. The van der Waals surface area contributed by atoms with Gasteiger partial charge in [-0.25, -0.2) is 0 Å². The largest absolute Gasteiger partial charge is 0.365 e. The van der Waals surface area contributed by atoms with Crippen LogP contribution in [-0.4, -0.2) is 96.1 Å². The van der Waals surface area contributed by atoms with Crippen LogP contribution in [-0.2, 0) is 14.4 Å². The van der Waals surface area contributed by atoms with E-state index in [9.17, 15) is 19.5 Å². The SMILES string of the molecule is CNC(=O)C(O)(C(N)=O)N(C)C(=O)C1(N2CCN(C)CC2)C=CC(c2ccccc2)=CC1. The van der Waals surface area contributed by atoms with Crippen molar-refractivity contribution in [3.63, 3.8) is 0 Å². The van der Waals surface area contributed by atoms with Gasteiger partial charge < -0.3 is 21.1 Å². The molecular formula is C23H31N5O4. The van der Waals surface area contributed by atoms with E-state index < -0.39 is 29.0 Å². The summed E-state index contributed by atoms with van der Waals surface area (Å²) in [6.07, 6.45) is 5.99. The van der Waals surface area contributed by atoms with E-state index in [1.54, 1.807) is 0 Å². The van der Waals surface area contributed by atoms with Crippen LogP contribution in [0.4, 0.5) is 0 Å². The van der Waals surface area contributed by atoms with Gasteiger partial charge in [-0.3, -0.25) is 24.2 Å². The molecule has 1 saturated heterocycles. The maximum Gasteiger partial charge on any atom is 0.302 e. The smallest absolute Gasteiger partial charge is 0.302 e. The van der Waals surface area contributed by atoms with Crippen molar-refractivity contribution in [3.8, 4) is 0 Å². The first-order valence-corrected chi connectivity index (χ1v) is 10.6. The summed E-state index contributed by atoms with van der Waals surface area (Å²) in [5.41, 5.74) is 3.39. The van der Waals surface area contributed by atoms with E-state index in [4.69, 9.17) is 5.73 Å². The fraction of sp³-hybridized carbons (Fsp3) is 0.435. The first kappa shape index (κ1) is 23.6. The average molecular weight is 442 g/mol. The molecule has 0 radical (unpaired) electrons. The summed E-state index contributed by atoms with van der Waals surface area (Å²) in [6, 6.07) is 9.81. The Morgan fingerprint density at radius 3 is 2.28 bits per heavy atom. The summed E-state index contributed by atoms with van der Waals surface area (Å²) in [5, 5.41) is 13.1. The van der Waals surface area contributed by atoms with Crippen molar-refractivity contribution in [2.75, 3.05) is 47.3 Å². The van der Waals surface area contributed by atoms with Crippen molar-refractivity contribution in [2.45, 2.75) is 17.7 Å². The van der Waals surface area contributed by atoms with E-state index in [1.807, 2.05) is 60.5 Å². The first-order valence-electron chi connectivity index (χ1n) is 10.6. The van der Waals surface area contributed by atoms with Crippen molar-refractivity contribution in [1.82, 2.24) is 20.0 Å². The second-order valence-electron chi connectivity index (χ2n) is 8.26. The maximum absolute atomic E-state index is 13.9. The lowest BCUT2D eigenvalue weighted by Crippen LogP contribution is -2.71. The van der Waals surface area contributed by atoms with Gasteiger partial charge in [0.05, 0.1) is 0 Å². The summed E-state index contributed by atoms with van der Waals surface area (Å²) in [4.78, 5) is 43.3. The number of benzene rings is 1. The molecule has 1 fully saturated rings. The van der Waals surface area contributed by atoms with Crippen LogP contribution < -0.4 is 11.1 Å². The number of allylic oxidation sites excluding steroid dienone is 2. The minimum Gasteiger partial charge on any atom is -0.365 e. The summed E-state index contributed by atoms with van der Waals surface area (Å²) in [6.45, 7) is 2.75. The van der Waals surface area contributed by atoms with Gasteiger partial charge in [-0.2, -0.15) is 0 Å². The van der Waals surface area contributed by atoms with Crippen LogP contribution in [0, 0.1) is 0 Å². The summed E-state index contributed by atoms with van der Waals surface area (Å²) < 4.78 is 0. The van der Waals surface area contributed by atoms with Crippen molar-refractivity contribution in [2.24, 2.45) is 5.73 Å². The van der Waals surface area contributed by atoms with Gasteiger partial charge in [-0.05, 0) is 24.6 Å². The molecule has 172 valence electrons. The van der Waals surface area contributed by atoms with E-state index in [0.717, 1.165) is 29.1 Å². The molecule has 1 heterocycles. The van der Waals surface area contributed by atoms with Gasteiger partial charge in [0.15, 0.2) is 0 Å². The normalized spacial score (nSPS) is 23.7. The van der Waals surface area contributed by atoms with Gasteiger partial charge in [0, 0.05) is 40.3 Å². The van der Waals surface area contributed by atoms with Crippen LogP contribution >= 0.6 is 0 Å². The van der Waals surface area contributed by atoms with Crippen LogP contribution in [0.3, 0.4) is 0 Å². The Bertz CT molecular complexity index is 939. The molecule has 1 aromatic rings. The lowest BCUT2D eigenvalue weighted by atomic mass is 9.82. The number of likely N-dealkylation sites (N-methyl/N-ethyl adjacent to an activating group) is 3. The zero-order chi connectivity index (χ0) is 23.5. The van der Waals surface area contributed by atoms with Crippen molar-refractivity contribution < 1.29 is 19.5 Å². The molecule has 3 amide bonds. The molecule has 0 spiro atoms. The quantitative estimate of drug-likeness (QED) is 0.401. The molecule has 9 nitrogen and oxygen atoms in total. The number of amides is 3. The maximum atomic E-state index is 13.9. The highest BCUT2D eigenvalue weighted by Crippen LogP contribution is 2.34. The molecule has 32 heavy (non-hydrogen) atoms. The fourth-order valence-corrected chi connectivity index (χ4v) is 4.25. The lowest BCUT2D eigenvalue weighted by molar-refractivity contribution is -0.182. The highest BCUT2D eigenvalue weighted by molar-refractivity contribution is 6.10. The number of hydrogen-bond acceptors (Lipinski definition) is 6. The number of rotatable bonds is 6. The van der Waals surface area contributed by atoms with Gasteiger partial charge in [0.25, 0.3) is 11.8 Å². The minimum absolute atomic E-state index is 0.323. The monoisotopic (exact) mass is 441 g/mol. The molecule has 2 atom stereocenters. The molecule has 4 N–H and O–H groups in total. The van der Waals surface area contributed by atoms with Crippen LogP contribution in [0.25, 0.3) is 5.57 Å². The molecule has 1 aromatic carbocycles. The zero-order valence-corrected chi connectivity index (χ0v) is 18.7. The van der Waals surface area contributed by atoms with E-state index in [0.29, 0.717) is 19.5 Å². The van der Waals surface area contributed by atoms with Crippen LogP contribution in [0.2, 0.25) is 0 Å². The number of carbonyl (C=O) groups is 3. The molecule has 2 aliphatic rings. The molecule has 2 unspecified atom stereocenters. The molecule has 3 rings (SSSR count). The Balaban J connectivity index is 2.00. The van der Waals surface area contributed by atoms with E-state index >= 15 is 0 Å². The number of nitrogens with one attached hydrogen (secondary N) is 1. The zero-order valence-electron chi connectivity index (χ0n) is 18.7. The number of hydrogen-bond donors (Lipinski definition) is 3. The van der Waals surface area contributed by atoms with Crippen LogP contribution in [0.5, 0.6) is 0 Å². The Labute approximate surface area is 188 Å². The van der Waals surface area contributed by atoms with Gasteiger partial charge >= 0.3 is 5.72 Å². The molecule has 1 aliphatic carbocycles. The van der Waals surface area contributed by atoms with Crippen molar-refractivity contribution in [1.29, 1.82) is 0 Å². The molecule has 0 saturated carbocycles. The number of nitrogens with zero attached hydrogens (tertiary/aromatic N) is 3. The Hall–Kier alpha value is -3.01. The highest BCUT2D eigenvalue weighted by Gasteiger charge is 2.54. The van der Waals surface area contributed by atoms with Crippen molar-refractivity contribution in [3.05, 3.63) is 54.1 Å². The van der Waals surface area contributed by atoms with Crippen LogP contribution in [0.15, 0.2) is 48.6 Å². The fourth-order valence-electron chi connectivity index (χ4n) is 4.25. The number of aliphatic hydroxyl groups is 1. The lowest BCUT2D eigenvalue weighted by Gasteiger charge is -2.48. The molecule has 0 aromatic heterocycles. The van der Waals surface area contributed by atoms with E-state index in [-0.39, 0.29) is 0 Å². The topological polar surface area (TPSA) is 119 Å². The van der Waals surface area contributed by atoms with Gasteiger partial charge in [0.2, 0.25) is 5.91 Å². The second kappa shape index (κ2) is 9.23. The Morgan fingerprint density at radius 1 is 1.16 bits per heavy atom. The number of primary amides is 1. The van der Waals surface area contributed by atoms with Gasteiger partial charge in [-0.15, -0.1) is 0 Å². The molecular weight excluding hydrogens is 410 g/mol. The molecule has 1 aliphatic heterocycles. The number of nitrogens with two attached hydrogens (primary N) is 1. The van der Waals surface area contributed by atoms with Gasteiger partial charge in [-0.1, -0.05) is 48.6 Å². The molecule has 0 bridgehead atoms. The highest BCUT2D eigenvalue weighted by atomic mass is 16.3. The summed E-state index contributed by atoms with van der Waals surface area (Å²) in [7, 11) is 4.50. The standard InChI is InChI=1S/C23H31N5O4/c1-25-20(30)23(32,19(24)29)27(3)21(31)22(28-15-13-26(2)14-16-28)11-9-18(10-12-22)17-7-5-4-6-8-17/h4-11,32H,12-16H2,1-3H3,(H2,24,29)(H,25,30). The third kappa shape index (κ3) is 4.06. The minimum atomic E-state index is -2.80. The predicted molar refractivity (Wildman–Crippen MR) is 121 cm³/mol. The number of carbonyl (C=O) groups excluding carboxylic acids is 3. The average Bonchev–Trinajstić information content (AvgIpc) is 2.83. The Kier molecular flexibility index (Phi) is 6.82. The first-order chi connectivity index (χ1) is 15.2. The van der Waals surface area contributed by atoms with E-state index in [2.05, 4.69) is 10.2 Å². The molecule has 9 heteroatoms. The second-order valence-corrected chi connectivity index (χ2v) is 8.26. The van der Waals surface area contributed by atoms with Crippen molar-refractivity contribution >= 4 is 23.3 Å². The third-order valence-corrected chi connectivity index (χ3v) is 6.39. The van der Waals surface area contributed by atoms with Gasteiger partial charge in [0.1, 0.15) is 5.54 Å². The van der Waals surface area contributed by atoms with Crippen LogP contribution in [0.1, 0.15) is 12.0 Å².